The van der Waals surface area contributed by atoms with Crippen LogP contribution in [0.2, 0.25) is 0 Å². The van der Waals surface area contributed by atoms with E-state index in [4.69, 9.17) is 4.74 Å². The highest BCUT2D eigenvalue weighted by molar-refractivity contribution is 9.10. The summed E-state index contributed by atoms with van der Waals surface area (Å²) in [5.41, 5.74) is 1.09. The van der Waals surface area contributed by atoms with Crippen LogP contribution in [0.3, 0.4) is 0 Å². The summed E-state index contributed by atoms with van der Waals surface area (Å²) in [6, 6.07) is 1.89. The molecule has 0 saturated heterocycles. The van der Waals surface area contributed by atoms with Crippen molar-refractivity contribution in [3.8, 4) is 11.6 Å². The number of ether oxygens (including phenoxy) is 1. The molecule has 0 unspecified atom stereocenters. The van der Waals surface area contributed by atoms with Crippen LogP contribution >= 0.6 is 15.9 Å². The highest BCUT2D eigenvalue weighted by Crippen LogP contribution is 2.23. The summed E-state index contributed by atoms with van der Waals surface area (Å²) < 4.78 is 8.47. The number of hydrogen-bond donors (Lipinski definition) is 0. The topological polar surface area (TPSA) is 39.9 Å². The van der Waals surface area contributed by atoms with Crippen molar-refractivity contribution >= 4 is 15.9 Å². The second-order valence-electron chi connectivity index (χ2n) is 3.81. The number of aromatic nitrogens is 3. The molecule has 0 saturated carbocycles. The highest BCUT2D eigenvalue weighted by Gasteiger charge is 2.03. The van der Waals surface area contributed by atoms with Crippen molar-refractivity contribution in [1.29, 1.82) is 0 Å². The number of aryl methyl sites for hydroxylation is 2. The molecule has 0 aliphatic heterocycles. The molecular weight excluding hydrogens is 282 g/mol. The van der Waals surface area contributed by atoms with E-state index in [2.05, 4.69) is 32.9 Å². The summed E-state index contributed by atoms with van der Waals surface area (Å²) in [6.45, 7) is 5.01. The number of rotatable bonds is 4. The largest absolute Gasteiger partial charge is 0.436 e. The maximum absolute atomic E-state index is 5.63. The third-order valence-electron chi connectivity index (χ3n) is 2.31. The number of nitrogens with zero attached hydrogens (tertiary/aromatic N) is 3. The van der Waals surface area contributed by atoms with Crippen LogP contribution in [0, 0.1) is 6.92 Å². The van der Waals surface area contributed by atoms with Crippen LogP contribution in [0.4, 0.5) is 0 Å². The van der Waals surface area contributed by atoms with Gasteiger partial charge in [-0.15, -0.1) is 0 Å². The fraction of sp³-hybridized carbons (Fsp3) is 0.333. The van der Waals surface area contributed by atoms with E-state index >= 15 is 0 Å². The summed E-state index contributed by atoms with van der Waals surface area (Å²) in [5, 5.41) is 4.20. The predicted octanol–water partition coefficient (Wildman–Crippen LogP) is 3.55. The normalized spacial score (nSPS) is 10.5. The van der Waals surface area contributed by atoms with Gasteiger partial charge in [0.2, 0.25) is 5.88 Å². The Bertz CT molecular complexity index is 510. The molecule has 0 bridgehead atoms. The van der Waals surface area contributed by atoms with Crippen molar-refractivity contribution in [3.63, 3.8) is 0 Å². The Hall–Kier alpha value is -1.36. The summed E-state index contributed by atoms with van der Waals surface area (Å²) in [4.78, 5) is 4.18. The standard InChI is InChI=1S/C12H14BrN3O/c1-3-4-16-8-10(6-15-16)17-12-5-9(2)11(13)7-14-12/h5-8H,3-4H2,1-2H3. The average molecular weight is 296 g/mol. The molecule has 2 aromatic heterocycles. The lowest BCUT2D eigenvalue weighted by atomic mass is 10.3. The van der Waals surface area contributed by atoms with Gasteiger partial charge >= 0.3 is 0 Å². The van der Waals surface area contributed by atoms with Crippen molar-refractivity contribution in [3.05, 3.63) is 34.7 Å². The van der Waals surface area contributed by atoms with Gasteiger partial charge in [-0.1, -0.05) is 6.92 Å². The van der Waals surface area contributed by atoms with E-state index in [-0.39, 0.29) is 0 Å². The molecule has 0 N–H and O–H groups in total. The molecule has 2 heterocycles. The van der Waals surface area contributed by atoms with Crippen molar-refractivity contribution in [1.82, 2.24) is 14.8 Å². The Morgan fingerprint density at radius 1 is 1.41 bits per heavy atom. The molecule has 0 atom stereocenters. The molecule has 0 aromatic carbocycles. The van der Waals surface area contributed by atoms with Crippen LogP contribution in [-0.2, 0) is 6.54 Å². The Morgan fingerprint density at radius 2 is 2.24 bits per heavy atom. The van der Waals surface area contributed by atoms with Gasteiger partial charge in [0, 0.05) is 23.3 Å². The molecule has 0 aliphatic rings. The minimum absolute atomic E-state index is 0.585. The molecule has 0 spiro atoms. The van der Waals surface area contributed by atoms with Crippen molar-refractivity contribution in [2.24, 2.45) is 0 Å². The molecule has 0 fully saturated rings. The van der Waals surface area contributed by atoms with Crippen molar-refractivity contribution in [2.45, 2.75) is 26.8 Å². The van der Waals surface area contributed by atoms with Gasteiger partial charge < -0.3 is 4.74 Å². The molecule has 2 aromatic rings. The van der Waals surface area contributed by atoms with Gasteiger partial charge in [0.25, 0.3) is 0 Å². The average Bonchev–Trinajstić information content (AvgIpc) is 2.72. The van der Waals surface area contributed by atoms with Crippen LogP contribution in [0.5, 0.6) is 11.6 Å². The first-order valence-electron chi connectivity index (χ1n) is 5.51. The molecule has 0 aliphatic carbocycles. The van der Waals surface area contributed by atoms with Gasteiger partial charge in [-0.05, 0) is 34.8 Å². The van der Waals surface area contributed by atoms with E-state index < -0.39 is 0 Å². The minimum Gasteiger partial charge on any atom is -0.436 e. The van der Waals surface area contributed by atoms with Gasteiger partial charge in [0.05, 0.1) is 12.4 Å². The molecule has 0 amide bonds. The summed E-state index contributed by atoms with van der Waals surface area (Å²) in [6.07, 6.45) is 6.37. The fourth-order valence-electron chi connectivity index (χ4n) is 1.44. The molecule has 90 valence electrons. The summed E-state index contributed by atoms with van der Waals surface area (Å²) in [7, 11) is 0. The van der Waals surface area contributed by atoms with Gasteiger partial charge in [-0.3, -0.25) is 4.68 Å². The van der Waals surface area contributed by atoms with E-state index in [0.717, 1.165) is 23.0 Å². The molecule has 0 radical (unpaired) electrons. The zero-order valence-electron chi connectivity index (χ0n) is 9.85. The lowest BCUT2D eigenvalue weighted by Crippen LogP contribution is -1.95. The van der Waals surface area contributed by atoms with E-state index in [9.17, 15) is 0 Å². The van der Waals surface area contributed by atoms with Gasteiger partial charge in [0.15, 0.2) is 5.75 Å². The maximum Gasteiger partial charge on any atom is 0.219 e. The van der Waals surface area contributed by atoms with Crippen LogP contribution in [-0.4, -0.2) is 14.8 Å². The second kappa shape index (κ2) is 5.31. The quantitative estimate of drug-likeness (QED) is 0.866. The van der Waals surface area contributed by atoms with Crippen LogP contribution in [0.15, 0.2) is 29.1 Å². The maximum atomic E-state index is 5.63. The van der Waals surface area contributed by atoms with E-state index in [1.807, 2.05) is 23.9 Å². The fourth-order valence-corrected chi connectivity index (χ4v) is 1.66. The van der Waals surface area contributed by atoms with Crippen LogP contribution in [0.25, 0.3) is 0 Å². The lowest BCUT2D eigenvalue weighted by molar-refractivity contribution is 0.460. The number of hydrogen-bond acceptors (Lipinski definition) is 3. The first kappa shape index (κ1) is 12.1. The van der Waals surface area contributed by atoms with E-state index in [0.29, 0.717) is 11.6 Å². The van der Waals surface area contributed by atoms with Crippen LogP contribution in [0.1, 0.15) is 18.9 Å². The van der Waals surface area contributed by atoms with E-state index in [1.165, 1.54) is 0 Å². The Morgan fingerprint density at radius 3 is 2.94 bits per heavy atom. The third-order valence-corrected chi connectivity index (χ3v) is 3.14. The molecule has 2 rings (SSSR count). The Kier molecular flexibility index (Phi) is 3.78. The smallest absolute Gasteiger partial charge is 0.219 e. The Balaban J connectivity index is 2.11. The van der Waals surface area contributed by atoms with E-state index in [1.54, 1.807) is 12.4 Å². The SMILES string of the molecule is CCCn1cc(Oc2cc(C)c(Br)cn2)cn1. The second-order valence-corrected chi connectivity index (χ2v) is 4.67. The van der Waals surface area contributed by atoms with Crippen molar-refractivity contribution < 1.29 is 4.74 Å². The van der Waals surface area contributed by atoms with Gasteiger partial charge in [0.1, 0.15) is 0 Å². The monoisotopic (exact) mass is 295 g/mol. The summed E-state index contributed by atoms with van der Waals surface area (Å²) in [5.74, 6) is 1.30. The first-order chi connectivity index (χ1) is 8.19. The lowest BCUT2D eigenvalue weighted by Gasteiger charge is -2.03. The zero-order valence-corrected chi connectivity index (χ0v) is 11.4. The van der Waals surface area contributed by atoms with Gasteiger partial charge in [-0.25, -0.2) is 4.98 Å². The zero-order chi connectivity index (χ0) is 12.3. The minimum atomic E-state index is 0.585. The molecular formula is C12H14BrN3O. The number of halogens is 1. The third kappa shape index (κ3) is 3.06. The first-order valence-corrected chi connectivity index (χ1v) is 6.31. The molecule has 4 nitrogen and oxygen atoms in total. The van der Waals surface area contributed by atoms with Gasteiger partial charge in [-0.2, -0.15) is 5.10 Å². The summed E-state index contributed by atoms with van der Waals surface area (Å²) >= 11 is 3.40. The predicted molar refractivity (Wildman–Crippen MR) is 69.3 cm³/mol. The molecule has 5 heteroatoms. The highest BCUT2D eigenvalue weighted by atomic mass is 79.9. The molecule has 17 heavy (non-hydrogen) atoms. The number of pyridine rings is 1. The van der Waals surface area contributed by atoms with Crippen molar-refractivity contribution in [2.75, 3.05) is 0 Å². The Labute approximate surface area is 109 Å². The van der Waals surface area contributed by atoms with Crippen LogP contribution < -0.4 is 4.74 Å².